The predicted molar refractivity (Wildman–Crippen MR) is 79.6 cm³/mol. The molecule has 0 spiro atoms. The summed E-state index contributed by atoms with van der Waals surface area (Å²) in [5, 5.41) is 4.33. The van der Waals surface area contributed by atoms with Crippen molar-refractivity contribution in [2.75, 3.05) is 13.7 Å². The van der Waals surface area contributed by atoms with Crippen LogP contribution in [0.25, 0.3) is 5.76 Å². The summed E-state index contributed by atoms with van der Waals surface area (Å²) in [6, 6.07) is 7.96. The molecule has 106 valence electrons. The second kappa shape index (κ2) is 6.80. The monoisotopic (exact) mass is 272 g/mol. The van der Waals surface area contributed by atoms with Crippen molar-refractivity contribution in [2.45, 2.75) is 19.9 Å². The van der Waals surface area contributed by atoms with E-state index in [1.165, 1.54) is 5.56 Å². The quantitative estimate of drug-likeness (QED) is 0.725. The van der Waals surface area contributed by atoms with Crippen molar-refractivity contribution in [2.24, 2.45) is 0 Å². The second-order valence-corrected chi connectivity index (χ2v) is 4.55. The highest BCUT2D eigenvalue weighted by molar-refractivity contribution is 5.55. The van der Waals surface area contributed by atoms with Crippen molar-refractivity contribution in [3.8, 4) is 5.75 Å². The highest BCUT2D eigenvalue weighted by Crippen LogP contribution is 2.15. The Morgan fingerprint density at radius 2 is 2.05 bits per heavy atom. The van der Waals surface area contributed by atoms with Gasteiger partial charge in [-0.25, -0.2) is 0 Å². The molecule has 0 fully saturated rings. The third kappa shape index (κ3) is 3.63. The van der Waals surface area contributed by atoms with Crippen LogP contribution in [-0.2, 0) is 11.3 Å². The van der Waals surface area contributed by atoms with Crippen molar-refractivity contribution in [3.63, 3.8) is 0 Å². The van der Waals surface area contributed by atoms with Gasteiger partial charge >= 0.3 is 0 Å². The summed E-state index contributed by atoms with van der Waals surface area (Å²) in [6.07, 6.45) is 4.70. The standard InChI is InChI=1S/C16H20N2O2/c1-4-9-20-13(2)15-10-17-18(12-15)11-14-5-7-16(19-3)8-6-14/h5-8,10,12H,2,4,9,11H2,1,3H3. The summed E-state index contributed by atoms with van der Waals surface area (Å²) in [5.74, 6) is 1.53. The van der Waals surface area contributed by atoms with Crippen LogP contribution < -0.4 is 4.74 Å². The van der Waals surface area contributed by atoms with Gasteiger partial charge in [-0.3, -0.25) is 4.68 Å². The van der Waals surface area contributed by atoms with E-state index in [0.29, 0.717) is 18.9 Å². The first kappa shape index (κ1) is 14.2. The average molecular weight is 272 g/mol. The SMILES string of the molecule is C=C(OCCC)c1cnn(Cc2ccc(OC)cc2)c1. The van der Waals surface area contributed by atoms with E-state index in [1.807, 2.05) is 35.1 Å². The zero-order valence-electron chi connectivity index (χ0n) is 12.0. The first-order valence-electron chi connectivity index (χ1n) is 6.70. The van der Waals surface area contributed by atoms with Gasteiger partial charge < -0.3 is 9.47 Å². The summed E-state index contributed by atoms with van der Waals surface area (Å²) in [7, 11) is 1.66. The van der Waals surface area contributed by atoms with Crippen LogP contribution in [0.5, 0.6) is 5.75 Å². The van der Waals surface area contributed by atoms with Crippen molar-refractivity contribution in [1.29, 1.82) is 0 Å². The van der Waals surface area contributed by atoms with Gasteiger partial charge in [-0.05, 0) is 24.1 Å². The highest BCUT2D eigenvalue weighted by atomic mass is 16.5. The number of nitrogens with zero attached hydrogens (tertiary/aromatic N) is 2. The van der Waals surface area contributed by atoms with Gasteiger partial charge in [-0.15, -0.1) is 0 Å². The number of rotatable bonds is 7. The molecule has 0 saturated carbocycles. The zero-order valence-corrected chi connectivity index (χ0v) is 12.0. The first-order valence-corrected chi connectivity index (χ1v) is 6.70. The summed E-state index contributed by atoms with van der Waals surface area (Å²) >= 11 is 0. The lowest BCUT2D eigenvalue weighted by molar-refractivity contribution is 0.278. The van der Waals surface area contributed by atoms with E-state index in [4.69, 9.17) is 9.47 Å². The van der Waals surface area contributed by atoms with E-state index in [0.717, 1.165) is 17.7 Å². The third-order valence-corrected chi connectivity index (χ3v) is 2.94. The number of aromatic nitrogens is 2. The average Bonchev–Trinajstić information content (AvgIpc) is 2.94. The Bertz CT molecular complexity index is 558. The van der Waals surface area contributed by atoms with Crippen molar-refractivity contribution in [3.05, 3.63) is 54.4 Å². The van der Waals surface area contributed by atoms with Crippen molar-refractivity contribution in [1.82, 2.24) is 9.78 Å². The molecule has 0 saturated heterocycles. The van der Waals surface area contributed by atoms with Gasteiger partial charge in [-0.1, -0.05) is 25.6 Å². The highest BCUT2D eigenvalue weighted by Gasteiger charge is 2.04. The molecule has 0 atom stereocenters. The molecule has 1 heterocycles. The maximum Gasteiger partial charge on any atom is 0.122 e. The Morgan fingerprint density at radius 3 is 2.70 bits per heavy atom. The maximum atomic E-state index is 5.51. The van der Waals surface area contributed by atoms with Crippen LogP contribution in [0.4, 0.5) is 0 Å². The van der Waals surface area contributed by atoms with E-state index in [1.54, 1.807) is 13.3 Å². The number of benzene rings is 1. The molecule has 4 heteroatoms. The fraction of sp³-hybridized carbons (Fsp3) is 0.312. The smallest absolute Gasteiger partial charge is 0.122 e. The summed E-state index contributed by atoms with van der Waals surface area (Å²) in [4.78, 5) is 0. The lowest BCUT2D eigenvalue weighted by Crippen LogP contribution is -1.99. The van der Waals surface area contributed by atoms with Crippen molar-refractivity contribution >= 4 is 5.76 Å². The van der Waals surface area contributed by atoms with Gasteiger partial charge in [-0.2, -0.15) is 5.10 Å². The zero-order chi connectivity index (χ0) is 14.4. The van der Waals surface area contributed by atoms with Crippen LogP contribution in [-0.4, -0.2) is 23.5 Å². The molecule has 0 bridgehead atoms. The van der Waals surface area contributed by atoms with Crippen LogP contribution in [0.2, 0.25) is 0 Å². The molecule has 0 amide bonds. The minimum atomic E-state index is 0.674. The van der Waals surface area contributed by atoms with Gasteiger partial charge in [0.1, 0.15) is 11.5 Å². The van der Waals surface area contributed by atoms with E-state index < -0.39 is 0 Å². The van der Waals surface area contributed by atoms with E-state index >= 15 is 0 Å². The van der Waals surface area contributed by atoms with E-state index in [9.17, 15) is 0 Å². The Balaban J connectivity index is 1.99. The Kier molecular flexibility index (Phi) is 4.82. The minimum Gasteiger partial charge on any atom is -0.497 e. The fourth-order valence-corrected chi connectivity index (χ4v) is 1.82. The predicted octanol–water partition coefficient (Wildman–Crippen LogP) is 3.34. The lowest BCUT2D eigenvalue weighted by atomic mass is 10.2. The van der Waals surface area contributed by atoms with Crippen LogP contribution in [0.1, 0.15) is 24.5 Å². The molecule has 0 aliphatic heterocycles. The van der Waals surface area contributed by atoms with Gasteiger partial charge in [0.15, 0.2) is 0 Å². The van der Waals surface area contributed by atoms with Gasteiger partial charge in [0, 0.05) is 6.20 Å². The third-order valence-electron chi connectivity index (χ3n) is 2.94. The summed E-state index contributed by atoms with van der Waals surface area (Å²) in [5.41, 5.74) is 2.09. The Morgan fingerprint density at radius 1 is 1.30 bits per heavy atom. The number of hydrogen-bond acceptors (Lipinski definition) is 3. The normalized spacial score (nSPS) is 10.3. The first-order chi connectivity index (χ1) is 9.72. The molecule has 20 heavy (non-hydrogen) atoms. The van der Waals surface area contributed by atoms with Crippen LogP contribution in [0.15, 0.2) is 43.2 Å². The number of methoxy groups -OCH3 is 1. The summed E-state index contributed by atoms with van der Waals surface area (Å²) in [6.45, 7) is 7.38. The maximum absolute atomic E-state index is 5.51. The fourth-order valence-electron chi connectivity index (χ4n) is 1.82. The molecule has 0 aliphatic carbocycles. The van der Waals surface area contributed by atoms with E-state index in [-0.39, 0.29) is 0 Å². The molecule has 1 aromatic carbocycles. The number of hydrogen-bond donors (Lipinski definition) is 0. The van der Waals surface area contributed by atoms with Crippen LogP contribution >= 0.6 is 0 Å². The van der Waals surface area contributed by atoms with Crippen LogP contribution in [0, 0.1) is 0 Å². The van der Waals surface area contributed by atoms with Gasteiger partial charge in [0.25, 0.3) is 0 Å². The second-order valence-electron chi connectivity index (χ2n) is 4.55. The molecule has 0 N–H and O–H groups in total. The topological polar surface area (TPSA) is 36.3 Å². The van der Waals surface area contributed by atoms with Gasteiger partial charge in [0.2, 0.25) is 0 Å². The Hall–Kier alpha value is -2.23. The summed E-state index contributed by atoms with van der Waals surface area (Å²) < 4.78 is 12.5. The molecule has 1 aromatic heterocycles. The number of ether oxygens (including phenoxy) is 2. The molecule has 2 rings (SSSR count). The molecule has 0 unspecified atom stereocenters. The van der Waals surface area contributed by atoms with Gasteiger partial charge in [0.05, 0.1) is 32.0 Å². The molecule has 0 radical (unpaired) electrons. The Labute approximate surface area is 119 Å². The largest absolute Gasteiger partial charge is 0.497 e. The van der Waals surface area contributed by atoms with Crippen LogP contribution in [0.3, 0.4) is 0 Å². The lowest BCUT2D eigenvalue weighted by Gasteiger charge is -2.05. The van der Waals surface area contributed by atoms with Crippen molar-refractivity contribution < 1.29 is 9.47 Å². The molecule has 4 nitrogen and oxygen atoms in total. The molecular weight excluding hydrogens is 252 g/mol. The molecule has 0 aliphatic rings. The minimum absolute atomic E-state index is 0.674. The molecule has 2 aromatic rings. The molecular formula is C16H20N2O2. The van der Waals surface area contributed by atoms with E-state index in [2.05, 4.69) is 18.6 Å².